The Balaban J connectivity index is 1.60. The predicted octanol–water partition coefficient (Wildman–Crippen LogP) is 5.32. The van der Waals surface area contributed by atoms with E-state index < -0.39 is 47.3 Å². The normalized spacial score (nSPS) is 21.0. The SMILES string of the molecule is C=C[C@@H]1C[C@H](C(=O)N[C@@H](c2cc(F)c(Cl)cc2F)C2CC2)N(C(=O)c2cncc(C(F)(F)F)c2)C1. The summed E-state index contributed by atoms with van der Waals surface area (Å²) >= 11 is 5.65. The van der Waals surface area contributed by atoms with E-state index in [-0.39, 0.29) is 41.0 Å². The summed E-state index contributed by atoms with van der Waals surface area (Å²) in [5, 5.41) is 2.34. The van der Waals surface area contributed by atoms with Crippen LogP contribution in [0.1, 0.15) is 46.8 Å². The fraction of sp³-hybridized carbons (Fsp3) is 0.375. The molecule has 1 N–H and O–H groups in total. The van der Waals surface area contributed by atoms with Crippen molar-refractivity contribution in [3.8, 4) is 0 Å². The molecule has 1 aliphatic carbocycles. The lowest BCUT2D eigenvalue weighted by Crippen LogP contribution is -2.47. The third-order valence-corrected chi connectivity index (χ3v) is 6.60. The van der Waals surface area contributed by atoms with Gasteiger partial charge in [-0.2, -0.15) is 13.2 Å². The third kappa shape index (κ3) is 5.32. The van der Waals surface area contributed by atoms with Crippen molar-refractivity contribution in [2.75, 3.05) is 6.54 Å². The van der Waals surface area contributed by atoms with Gasteiger partial charge in [-0.25, -0.2) is 8.78 Å². The summed E-state index contributed by atoms with van der Waals surface area (Å²) in [7, 11) is 0. The van der Waals surface area contributed by atoms with Crippen LogP contribution in [0.3, 0.4) is 0 Å². The van der Waals surface area contributed by atoms with E-state index >= 15 is 0 Å². The Kier molecular flexibility index (Phi) is 6.86. The largest absolute Gasteiger partial charge is 0.417 e. The summed E-state index contributed by atoms with van der Waals surface area (Å²) in [5.74, 6) is -3.41. The first kappa shape index (κ1) is 25.1. The second-order valence-electron chi connectivity index (χ2n) is 8.78. The average Bonchev–Trinajstić information content (AvgIpc) is 3.56. The second-order valence-corrected chi connectivity index (χ2v) is 9.18. The lowest BCUT2D eigenvalue weighted by Gasteiger charge is -2.27. The van der Waals surface area contributed by atoms with E-state index in [1.54, 1.807) is 6.08 Å². The minimum atomic E-state index is -4.69. The fourth-order valence-corrected chi connectivity index (χ4v) is 4.45. The molecule has 0 radical (unpaired) electrons. The molecule has 1 saturated heterocycles. The van der Waals surface area contributed by atoms with Gasteiger partial charge in [0.25, 0.3) is 5.91 Å². The van der Waals surface area contributed by atoms with E-state index in [0.29, 0.717) is 25.1 Å². The monoisotopic (exact) mass is 513 g/mol. The number of nitrogens with one attached hydrogen (secondary N) is 1. The molecule has 3 atom stereocenters. The summed E-state index contributed by atoms with van der Waals surface area (Å²) in [4.78, 5) is 31.1. The van der Waals surface area contributed by atoms with Gasteiger partial charge in [0.15, 0.2) is 0 Å². The van der Waals surface area contributed by atoms with Crippen LogP contribution in [-0.2, 0) is 11.0 Å². The maximum Gasteiger partial charge on any atom is 0.417 e. The number of likely N-dealkylation sites (tertiary alicyclic amines) is 1. The number of carbonyl (C=O) groups excluding carboxylic acids is 2. The third-order valence-electron chi connectivity index (χ3n) is 6.31. The van der Waals surface area contributed by atoms with Crippen LogP contribution < -0.4 is 5.32 Å². The van der Waals surface area contributed by atoms with Crippen molar-refractivity contribution in [1.29, 1.82) is 0 Å². The molecule has 1 aliphatic heterocycles. The molecule has 0 bridgehead atoms. The van der Waals surface area contributed by atoms with E-state index in [0.717, 1.165) is 18.3 Å². The number of hydrogen-bond acceptors (Lipinski definition) is 3. The van der Waals surface area contributed by atoms with Gasteiger partial charge in [0.1, 0.15) is 17.7 Å². The summed E-state index contributed by atoms with van der Waals surface area (Å²) in [5.41, 5.74) is -1.45. The minimum Gasteiger partial charge on any atom is -0.347 e. The first-order valence-corrected chi connectivity index (χ1v) is 11.3. The molecule has 2 aliphatic rings. The lowest BCUT2D eigenvalue weighted by molar-refractivity contribution is -0.137. The molecule has 186 valence electrons. The van der Waals surface area contributed by atoms with Crippen molar-refractivity contribution in [3.63, 3.8) is 0 Å². The van der Waals surface area contributed by atoms with E-state index in [2.05, 4.69) is 16.9 Å². The van der Waals surface area contributed by atoms with Gasteiger partial charge in [-0.15, -0.1) is 6.58 Å². The van der Waals surface area contributed by atoms with Gasteiger partial charge in [0.05, 0.1) is 22.2 Å². The number of rotatable bonds is 6. The zero-order valence-corrected chi connectivity index (χ0v) is 19.0. The van der Waals surface area contributed by atoms with E-state index in [1.807, 2.05) is 0 Å². The number of amides is 2. The number of carbonyl (C=O) groups is 2. The number of alkyl halides is 3. The molecule has 4 rings (SSSR count). The highest BCUT2D eigenvalue weighted by Crippen LogP contribution is 2.43. The van der Waals surface area contributed by atoms with E-state index in [9.17, 15) is 31.5 Å². The Morgan fingerprint density at radius 1 is 1.17 bits per heavy atom. The van der Waals surface area contributed by atoms with E-state index in [1.165, 1.54) is 4.90 Å². The summed E-state index contributed by atoms with van der Waals surface area (Å²) in [6.45, 7) is 3.76. The molecular weight excluding hydrogens is 493 g/mol. The van der Waals surface area contributed by atoms with Crippen molar-refractivity contribution in [2.24, 2.45) is 11.8 Å². The summed E-state index contributed by atoms with van der Waals surface area (Å²) in [6, 6.07) is 0.586. The van der Waals surface area contributed by atoms with Crippen molar-refractivity contribution in [3.05, 3.63) is 76.6 Å². The Bertz CT molecular complexity index is 1170. The highest BCUT2D eigenvalue weighted by atomic mass is 35.5. The molecule has 1 aromatic heterocycles. The van der Waals surface area contributed by atoms with Crippen LogP contribution in [0.25, 0.3) is 0 Å². The Morgan fingerprint density at radius 3 is 2.51 bits per heavy atom. The minimum absolute atomic E-state index is 0.0547. The molecule has 2 heterocycles. The molecule has 2 fully saturated rings. The number of aromatic nitrogens is 1. The van der Waals surface area contributed by atoms with Gasteiger partial charge in [-0.3, -0.25) is 14.6 Å². The van der Waals surface area contributed by atoms with Gasteiger partial charge in [0.2, 0.25) is 5.91 Å². The van der Waals surface area contributed by atoms with E-state index in [4.69, 9.17) is 11.6 Å². The number of nitrogens with zero attached hydrogens (tertiary/aromatic N) is 2. The van der Waals surface area contributed by atoms with Crippen LogP contribution in [0.2, 0.25) is 5.02 Å². The molecule has 2 aromatic rings. The first-order chi connectivity index (χ1) is 16.5. The number of hydrogen-bond donors (Lipinski definition) is 1. The highest BCUT2D eigenvalue weighted by Gasteiger charge is 2.42. The van der Waals surface area contributed by atoms with Gasteiger partial charge >= 0.3 is 6.18 Å². The zero-order chi connectivity index (χ0) is 25.5. The van der Waals surface area contributed by atoms with Crippen LogP contribution in [0.5, 0.6) is 0 Å². The molecule has 0 spiro atoms. The van der Waals surface area contributed by atoms with Gasteiger partial charge < -0.3 is 10.2 Å². The number of benzene rings is 1. The molecule has 2 amide bonds. The number of pyridine rings is 1. The Morgan fingerprint density at radius 2 is 1.89 bits per heavy atom. The van der Waals surface area contributed by atoms with Crippen LogP contribution in [-0.4, -0.2) is 34.3 Å². The number of halogens is 6. The molecule has 11 heteroatoms. The van der Waals surface area contributed by atoms with Crippen LogP contribution in [0.15, 0.2) is 43.2 Å². The Labute approximate surface area is 203 Å². The van der Waals surface area contributed by atoms with Crippen molar-refractivity contribution >= 4 is 23.4 Å². The zero-order valence-electron chi connectivity index (χ0n) is 18.3. The fourth-order valence-electron chi connectivity index (χ4n) is 4.29. The second kappa shape index (κ2) is 9.56. The molecular formula is C24H21ClF5N3O2. The average molecular weight is 514 g/mol. The highest BCUT2D eigenvalue weighted by molar-refractivity contribution is 6.30. The summed E-state index contributed by atoms with van der Waals surface area (Å²) < 4.78 is 67.9. The van der Waals surface area contributed by atoms with Crippen molar-refractivity contribution in [2.45, 2.75) is 37.5 Å². The lowest BCUT2D eigenvalue weighted by atomic mass is 10.00. The first-order valence-electron chi connectivity index (χ1n) is 10.9. The molecule has 5 nitrogen and oxygen atoms in total. The maximum absolute atomic E-state index is 14.6. The van der Waals surface area contributed by atoms with Gasteiger partial charge in [0, 0.05) is 24.5 Å². The maximum atomic E-state index is 14.6. The smallest absolute Gasteiger partial charge is 0.347 e. The van der Waals surface area contributed by atoms with Crippen LogP contribution in [0.4, 0.5) is 22.0 Å². The van der Waals surface area contributed by atoms with Crippen LogP contribution >= 0.6 is 11.6 Å². The van der Waals surface area contributed by atoms with Crippen molar-refractivity contribution < 1.29 is 31.5 Å². The van der Waals surface area contributed by atoms with Crippen molar-refractivity contribution in [1.82, 2.24) is 15.2 Å². The summed E-state index contributed by atoms with van der Waals surface area (Å²) in [6.07, 6.45) is 0.0431. The molecule has 0 unspecified atom stereocenters. The Hall–Kier alpha value is -3.01. The predicted molar refractivity (Wildman–Crippen MR) is 117 cm³/mol. The molecule has 35 heavy (non-hydrogen) atoms. The van der Waals surface area contributed by atoms with Gasteiger partial charge in [-0.1, -0.05) is 17.7 Å². The standard InChI is InChI=1S/C24H21ClF5N3O2/c1-2-12-5-20(33(11-12)23(35)14-6-15(10-31-9-14)24(28,29)30)22(34)32-21(13-3-4-13)16-7-19(27)17(25)8-18(16)26/h2,6-10,12-13,20-21H,1,3-5,11H2,(H,32,34)/t12-,20-,21-/m1/s1. The quantitative estimate of drug-likeness (QED) is 0.323. The van der Waals surface area contributed by atoms with Crippen LogP contribution in [0, 0.1) is 23.5 Å². The topological polar surface area (TPSA) is 62.3 Å². The molecule has 1 aromatic carbocycles. The molecule has 1 saturated carbocycles. The van der Waals surface area contributed by atoms with Gasteiger partial charge in [-0.05, 0) is 49.3 Å².